The van der Waals surface area contributed by atoms with Gasteiger partial charge < -0.3 is 15.1 Å². The molecule has 2 N–H and O–H groups in total. The van der Waals surface area contributed by atoms with E-state index in [1.54, 1.807) is 36.4 Å². The molecule has 25 heavy (non-hydrogen) atoms. The molecule has 1 aliphatic carbocycles. The first-order valence-corrected chi connectivity index (χ1v) is 8.57. The summed E-state index contributed by atoms with van der Waals surface area (Å²) in [5.74, 6) is 0.667. The standard InChI is InChI=1S/C20H22N2O3/c1-14-11-12-17(25-14)13-18(20(24)21-16-9-5-6-10-16)22-19(23)15-7-3-2-4-8-15/h2-4,7-8,11-13,16H,5-6,9-10H2,1H3,(H,21,24)(H,22,23)/b18-13-. The summed E-state index contributed by atoms with van der Waals surface area (Å²) >= 11 is 0. The van der Waals surface area contributed by atoms with Crippen molar-refractivity contribution in [2.24, 2.45) is 0 Å². The van der Waals surface area contributed by atoms with Crippen LogP contribution in [0.25, 0.3) is 6.08 Å². The van der Waals surface area contributed by atoms with Crippen LogP contribution >= 0.6 is 0 Å². The van der Waals surface area contributed by atoms with Crippen molar-refractivity contribution in [3.05, 3.63) is 65.2 Å². The number of hydrogen-bond acceptors (Lipinski definition) is 3. The fourth-order valence-corrected chi connectivity index (χ4v) is 2.95. The number of aryl methyl sites for hydroxylation is 1. The van der Waals surface area contributed by atoms with E-state index in [0.717, 1.165) is 31.4 Å². The van der Waals surface area contributed by atoms with Crippen LogP contribution in [-0.2, 0) is 4.79 Å². The highest BCUT2D eigenvalue weighted by Crippen LogP contribution is 2.18. The second kappa shape index (κ2) is 7.83. The van der Waals surface area contributed by atoms with E-state index < -0.39 is 0 Å². The summed E-state index contributed by atoms with van der Waals surface area (Å²) in [5, 5.41) is 5.71. The summed E-state index contributed by atoms with van der Waals surface area (Å²) in [5.41, 5.74) is 0.688. The Morgan fingerprint density at radius 3 is 2.44 bits per heavy atom. The molecule has 0 bridgehead atoms. The zero-order chi connectivity index (χ0) is 17.6. The molecule has 2 amide bonds. The van der Waals surface area contributed by atoms with E-state index in [2.05, 4.69) is 10.6 Å². The molecule has 0 atom stereocenters. The van der Waals surface area contributed by atoms with E-state index in [1.165, 1.54) is 0 Å². The lowest BCUT2D eigenvalue weighted by Gasteiger charge is -2.15. The molecule has 1 aromatic carbocycles. The molecule has 5 nitrogen and oxygen atoms in total. The minimum Gasteiger partial charge on any atom is -0.462 e. The molecule has 1 fully saturated rings. The highest BCUT2D eigenvalue weighted by atomic mass is 16.3. The monoisotopic (exact) mass is 338 g/mol. The maximum absolute atomic E-state index is 12.6. The summed E-state index contributed by atoms with van der Waals surface area (Å²) in [6, 6.07) is 12.6. The molecule has 3 rings (SSSR count). The van der Waals surface area contributed by atoms with E-state index in [0.29, 0.717) is 11.3 Å². The third-order valence-electron chi connectivity index (χ3n) is 4.27. The van der Waals surface area contributed by atoms with Gasteiger partial charge in [0.05, 0.1) is 0 Å². The number of rotatable bonds is 5. The number of carbonyl (C=O) groups is 2. The molecule has 0 spiro atoms. The van der Waals surface area contributed by atoms with Gasteiger partial charge in [-0.3, -0.25) is 9.59 Å². The predicted octanol–water partition coefficient (Wildman–Crippen LogP) is 3.42. The van der Waals surface area contributed by atoms with E-state index in [4.69, 9.17) is 4.42 Å². The first kappa shape index (κ1) is 17.0. The zero-order valence-electron chi connectivity index (χ0n) is 14.2. The molecular weight excluding hydrogens is 316 g/mol. The van der Waals surface area contributed by atoms with Crippen LogP contribution in [0.5, 0.6) is 0 Å². The largest absolute Gasteiger partial charge is 0.462 e. The smallest absolute Gasteiger partial charge is 0.268 e. The van der Waals surface area contributed by atoms with Gasteiger partial charge in [-0.2, -0.15) is 0 Å². The lowest BCUT2D eigenvalue weighted by atomic mass is 10.2. The van der Waals surface area contributed by atoms with Crippen molar-refractivity contribution in [3.8, 4) is 0 Å². The van der Waals surface area contributed by atoms with Crippen molar-refractivity contribution in [3.63, 3.8) is 0 Å². The van der Waals surface area contributed by atoms with Gasteiger partial charge in [-0.25, -0.2) is 0 Å². The van der Waals surface area contributed by atoms with Crippen molar-refractivity contribution in [1.29, 1.82) is 0 Å². The molecule has 130 valence electrons. The SMILES string of the molecule is Cc1ccc(/C=C(\NC(=O)c2ccccc2)C(=O)NC2CCCC2)o1. The second-order valence-electron chi connectivity index (χ2n) is 6.28. The van der Waals surface area contributed by atoms with Gasteiger partial charge in [0, 0.05) is 17.7 Å². The van der Waals surface area contributed by atoms with Gasteiger partial charge >= 0.3 is 0 Å². The summed E-state index contributed by atoms with van der Waals surface area (Å²) in [6.45, 7) is 1.83. The Hall–Kier alpha value is -2.82. The fraction of sp³-hybridized carbons (Fsp3) is 0.300. The molecule has 0 radical (unpaired) electrons. The average molecular weight is 338 g/mol. The number of furan rings is 1. The Morgan fingerprint density at radius 1 is 1.08 bits per heavy atom. The zero-order valence-corrected chi connectivity index (χ0v) is 14.2. The van der Waals surface area contributed by atoms with E-state index in [9.17, 15) is 9.59 Å². The van der Waals surface area contributed by atoms with Crippen molar-refractivity contribution in [2.45, 2.75) is 38.6 Å². The van der Waals surface area contributed by atoms with Gasteiger partial charge in [0.1, 0.15) is 17.2 Å². The first-order valence-electron chi connectivity index (χ1n) is 8.57. The lowest BCUT2D eigenvalue weighted by Crippen LogP contribution is -2.39. The van der Waals surface area contributed by atoms with Crippen LogP contribution in [0.4, 0.5) is 0 Å². The second-order valence-corrected chi connectivity index (χ2v) is 6.28. The Balaban J connectivity index is 1.79. The molecule has 1 aliphatic rings. The van der Waals surface area contributed by atoms with Crippen molar-refractivity contribution >= 4 is 17.9 Å². The van der Waals surface area contributed by atoms with Crippen molar-refractivity contribution in [2.75, 3.05) is 0 Å². The molecule has 1 heterocycles. The summed E-state index contributed by atoms with van der Waals surface area (Å²) in [7, 11) is 0. The Bertz CT molecular complexity index is 771. The Labute approximate surface area is 147 Å². The number of benzene rings is 1. The van der Waals surface area contributed by atoms with Crippen LogP contribution in [0, 0.1) is 6.92 Å². The number of amides is 2. The maximum atomic E-state index is 12.6. The van der Waals surface area contributed by atoms with Gasteiger partial charge in [0.2, 0.25) is 0 Å². The number of hydrogen-bond donors (Lipinski definition) is 2. The van der Waals surface area contributed by atoms with Crippen molar-refractivity contribution < 1.29 is 14.0 Å². The first-order chi connectivity index (χ1) is 12.1. The fourth-order valence-electron chi connectivity index (χ4n) is 2.95. The summed E-state index contributed by atoms with van der Waals surface area (Å²) in [6.07, 6.45) is 5.77. The molecule has 1 saturated carbocycles. The Morgan fingerprint density at radius 2 is 1.80 bits per heavy atom. The minimum atomic E-state index is -0.322. The molecule has 0 saturated heterocycles. The van der Waals surface area contributed by atoms with Crippen molar-refractivity contribution in [1.82, 2.24) is 10.6 Å². The van der Waals surface area contributed by atoms with Gasteiger partial charge in [-0.05, 0) is 44.0 Å². The average Bonchev–Trinajstić information content (AvgIpc) is 3.26. The third-order valence-corrected chi connectivity index (χ3v) is 4.27. The number of nitrogens with one attached hydrogen (secondary N) is 2. The maximum Gasteiger partial charge on any atom is 0.268 e. The normalized spacial score (nSPS) is 15.2. The molecule has 1 aromatic heterocycles. The van der Waals surface area contributed by atoms with Gasteiger partial charge in [-0.15, -0.1) is 0 Å². The predicted molar refractivity (Wildman–Crippen MR) is 95.7 cm³/mol. The molecule has 2 aromatic rings. The molecule has 5 heteroatoms. The minimum absolute atomic E-state index is 0.169. The highest BCUT2D eigenvalue weighted by molar-refractivity contribution is 6.05. The topological polar surface area (TPSA) is 71.3 Å². The van der Waals surface area contributed by atoms with Gasteiger partial charge in [0.25, 0.3) is 11.8 Å². The van der Waals surface area contributed by atoms with Crippen LogP contribution < -0.4 is 10.6 Å². The Kier molecular flexibility index (Phi) is 5.33. The quantitative estimate of drug-likeness (QED) is 0.821. The highest BCUT2D eigenvalue weighted by Gasteiger charge is 2.21. The summed E-state index contributed by atoms with van der Waals surface area (Å²) in [4.78, 5) is 25.1. The van der Waals surface area contributed by atoms with Crippen LogP contribution in [0.1, 0.15) is 47.6 Å². The van der Waals surface area contributed by atoms with Gasteiger partial charge in [-0.1, -0.05) is 31.0 Å². The van der Waals surface area contributed by atoms with Crippen LogP contribution in [0.15, 0.2) is 52.6 Å². The van der Waals surface area contributed by atoms with E-state index >= 15 is 0 Å². The third kappa shape index (κ3) is 4.59. The summed E-state index contributed by atoms with van der Waals surface area (Å²) < 4.78 is 5.51. The molecule has 0 unspecified atom stereocenters. The van der Waals surface area contributed by atoms with Crippen LogP contribution in [-0.4, -0.2) is 17.9 Å². The van der Waals surface area contributed by atoms with E-state index in [-0.39, 0.29) is 23.6 Å². The van der Waals surface area contributed by atoms with Crippen LogP contribution in [0.3, 0.4) is 0 Å². The van der Waals surface area contributed by atoms with Gasteiger partial charge in [0.15, 0.2) is 0 Å². The molecular formula is C20H22N2O3. The lowest BCUT2D eigenvalue weighted by molar-refractivity contribution is -0.118. The molecule has 0 aliphatic heterocycles. The number of carbonyl (C=O) groups excluding carboxylic acids is 2. The van der Waals surface area contributed by atoms with Crippen LogP contribution in [0.2, 0.25) is 0 Å². The van der Waals surface area contributed by atoms with E-state index in [1.807, 2.05) is 19.1 Å².